The molecule has 1 aromatic carbocycles. The molecule has 0 aliphatic heterocycles. The Labute approximate surface area is 121 Å². The van der Waals surface area contributed by atoms with Gasteiger partial charge in [0.25, 0.3) is 0 Å². The fraction of sp³-hybridized carbons (Fsp3) is 0.188. The third-order valence-corrected chi connectivity index (χ3v) is 2.56. The molecule has 2 aromatic rings. The van der Waals surface area contributed by atoms with Crippen molar-refractivity contribution in [3.63, 3.8) is 0 Å². The highest BCUT2D eigenvalue weighted by atomic mass is 19.1. The summed E-state index contributed by atoms with van der Waals surface area (Å²) in [7, 11) is 0. The van der Waals surface area contributed by atoms with Crippen LogP contribution < -0.4 is 4.74 Å². The van der Waals surface area contributed by atoms with Gasteiger partial charge in [0.15, 0.2) is 0 Å². The highest BCUT2D eigenvalue weighted by molar-refractivity contribution is 5.46. The summed E-state index contributed by atoms with van der Waals surface area (Å²) in [6.07, 6.45) is 2.89. The lowest BCUT2D eigenvalue weighted by atomic mass is 10.2. The Morgan fingerprint density at radius 2 is 2.00 bits per heavy atom. The zero-order valence-corrected chi connectivity index (χ0v) is 11.1. The minimum absolute atomic E-state index is 0.0423. The van der Waals surface area contributed by atoms with E-state index in [1.54, 1.807) is 0 Å². The summed E-state index contributed by atoms with van der Waals surface area (Å²) in [6.45, 7) is 0.0161. The minimum atomic E-state index is -0.460. The summed E-state index contributed by atoms with van der Waals surface area (Å²) < 4.78 is 31.8. The molecule has 21 heavy (non-hydrogen) atoms. The van der Waals surface area contributed by atoms with Crippen LogP contribution in [0.25, 0.3) is 0 Å². The van der Waals surface area contributed by atoms with Crippen LogP contribution in [0.2, 0.25) is 0 Å². The Kier molecular flexibility index (Phi) is 5.24. The summed E-state index contributed by atoms with van der Waals surface area (Å²) in [5.74, 6) is 4.90. The first-order valence-corrected chi connectivity index (χ1v) is 6.30. The highest BCUT2D eigenvalue weighted by Crippen LogP contribution is 2.20. The van der Waals surface area contributed by atoms with Crippen LogP contribution in [0.15, 0.2) is 36.7 Å². The molecule has 0 atom stereocenters. The van der Waals surface area contributed by atoms with Crippen LogP contribution in [0.3, 0.4) is 0 Å². The molecule has 0 saturated heterocycles. The van der Waals surface area contributed by atoms with E-state index in [4.69, 9.17) is 9.84 Å². The van der Waals surface area contributed by atoms with Crippen LogP contribution in [0.4, 0.5) is 8.78 Å². The van der Waals surface area contributed by atoms with E-state index < -0.39 is 11.6 Å². The van der Waals surface area contributed by atoms with Gasteiger partial charge in [0.2, 0.25) is 0 Å². The molecule has 0 saturated carbocycles. The molecule has 0 fully saturated rings. The molecule has 108 valence electrons. The highest BCUT2D eigenvalue weighted by Gasteiger charge is 2.05. The van der Waals surface area contributed by atoms with Crippen LogP contribution >= 0.6 is 0 Å². The van der Waals surface area contributed by atoms with Gasteiger partial charge in [-0.05, 0) is 18.2 Å². The smallest absolute Gasteiger partial charge is 0.141 e. The zero-order valence-electron chi connectivity index (χ0n) is 11.1. The van der Waals surface area contributed by atoms with Gasteiger partial charge in [-0.2, -0.15) is 0 Å². The van der Waals surface area contributed by atoms with Crippen molar-refractivity contribution >= 4 is 0 Å². The van der Waals surface area contributed by atoms with Crippen molar-refractivity contribution in [1.82, 2.24) is 4.98 Å². The summed E-state index contributed by atoms with van der Waals surface area (Å²) in [6, 6.07) is 5.29. The number of hydrogen-bond acceptors (Lipinski definition) is 3. The lowest BCUT2D eigenvalue weighted by Crippen LogP contribution is -1.99. The maximum absolute atomic E-state index is 13.3. The number of hydrogen-bond donors (Lipinski definition) is 1. The molecule has 0 amide bonds. The van der Waals surface area contributed by atoms with Gasteiger partial charge in [-0.15, -0.1) is 0 Å². The minimum Gasteiger partial charge on any atom is -0.487 e. The predicted octanol–water partition coefficient (Wildman–Crippen LogP) is 2.67. The molecule has 1 aromatic heterocycles. The number of benzene rings is 1. The van der Waals surface area contributed by atoms with E-state index in [1.165, 1.54) is 30.5 Å². The molecule has 0 spiro atoms. The molecule has 0 unspecified atom stereocenters. The van der Waals surface area contributed by atoms with Crippen molar-refractivity contribution in [2.45, 2.75) is 13.0 Å². The molecular weight excluding hydrogens is 276 g/mol. The molecular formula is C16H13F2NO2. The molecule has 3 nitrogen and oxygen atoms in total. The zero-order chi connectivity index (χ0) is 15.1. The van der Waals surface area contributed by atoms with Gasteiger partial charge in [0, 0.05) is 24.2 Å². The van der Waals surface area contributed by atoms with Crippen molar-refractivity contribution in [3.05, 3.63) is 59.4 Å². The summed E-state index contributed by atoms with van der Waals surface area (Å²) in [5, 5.41) is 8.70. The fourth-order valence-electron chi connectivity index (χ4n) is 1.63. The Morgan fingerprint density at radius 1 is 1.14 bits per heavy atom. The summed E-state index contributed by atoms with van der Waals surface area (Å²) in [4.78, 5) is 3.71. The second kappa shape index (κ2) is 7.36. The van der Waals surface area contributed by atoms with Crippen molar-refractivity contribution in [3.8, 4) is 17.6 Å². The largest absolute Gasteiger partial charge is 0.487 e. The molecule has 0 bridgehead atoms. The second-order valence-electron chi connectivity index (χ2n) is 4.22. The van der Waals surface area contributed by atoms with Gasteiger partial charge in [0.1, 0.15) is 24.0 Å². The van der Waals surface area contributed by atoms with Crippen LogP contribution in [-0.4, -0.2) is 16.7 Å². The lowest BCUT2D eigenvalue weighted by Gasteiger charge is -2.08. The first-order chi connectivity index (χ1) is 10.2. The van der Waals surface area contributed by atoms with Crippen LogP contribution in [-0.2, 0) is 6.61 Å². The van der Waals surface area contributed by atoms with Gasteiger partial charge in [-0.3, -0.25) is 4.98 Å². The molecule has 1 N–H and O–H groups in total. The van der Waals surface area contributed by atoms with E-state index in [9.17, 15) is 8.78 Å². The predicted molar refractivity (Wildman–Crippen MR) is 73.5 cm³/mol. The monoisotopic (exact) mass is 289 g/mol. The number of halogens is 2. The van der Waals surface area contributed by atoms with E-state index >= 15 is 0 Å². The Bertz CT molecular complexity index is 677. The number of aliphatic hydroxyl groups is 1. The van der Waals surface area contributed by atoms with Crippen LogP contribution in [0.5, 0.6) is 5.75 Å². The summed E-state index contributed by atoms with van der Waals surface area (Å²) >= 11 is 0. The van der Waals surface area contributed by atoms with Crippen LogP contribution in [0.1, 0.15) is 17.5 Å². The Morgan fingerprint density at radius 3 is 2.76 bits per heavy atom. The van der Waals surface area contributed by atoms with Gasteiger partial charge < -0.3 is 9.84 Å². The molecule has 1 heterocycles. The number of aromatic nitrogens is 1. The SMILES string of the molecule is OCCC#Cc1ccc(F)cc1OCc1cncc(F)c1. The third kappa shape index (κ3) is 4.55. The molecule has 0 radical (unpaired) electrons. The van der Waals surface area contributed by atoms with E-state index in [2.05, 4.69) is 16.8 Å². The molecule has 0 aliphatic carbocycles. The average molecular weight is 289 g/mol. The van der Waals surface area contributed by atoms with Gasteiger partial charge >= 0.3 is 0 Å². The first-order valence-electron chi connectivity index (χ1n) is 6.30. The average Bonchev–Trinajstić information content (AvgIpc) is 2.47. The second-order valence-corrected chi connectivity index (χ2v) is 4.22. The molecule has 5 heteroatoms. The van der Waals surface area contributed by atoms with Gasteiger partial charge in [0.05, 0.1) is 18.4 Å². The number of nitrogens with zero attached hydrogens (tertiary/aromatic N) is 1. The van der Waals surface area contributed by atoms with Crippen LogP contribution in [0, 0.1) is 23.5 Å². The maximum atomic E-state index is 13.3. The number of ether oxygens (including phenoxy) is 1. The number of pyridine rings is 1. The van der Waals surface area contributed by atoms with E-state index in [1.807, 2.05) is 0 Å². The maximum Gasteiger partial charge on any atom is 0.141 e. The van der Waals surface area contributed by atoms with Gasteiger partial charge in [-0.1, -0.05) is 11.8 Å². The first kappa shape index (κ1) is 14.9. The lowest BCUT2D eigenvalue weighted by molar-refractivity contribution is 0.302. The fourth-order valence-corrected chi connectivity index (χ4v) is 1.63. The topological polar surface area (TPSA) is 42.4 Å². The van der Waals surface area contributed by atoms with E-state index in [-0.39, 0.29) is 19.0 Å². The van der Waals surface area contributed by atoms with Crippen molar-refractivity contribution < 1.29 is 18.6 Å². The molecule has 2 rings (SSSR count). The van der Waals surface area contributed by atoms with Crippen molar-refractivity contribution in [2.75, 3.05) is 6.61 Å². The Hall–Kier alpha value is -2.45. The molecule has 0 aliphatic rings. The van der Waals surface area contributed by atoms with E-state index in [0.717, 1.165) is 6.20 Å². The summed E-state index contributed by atoms with van der Waals surface area (Å²) in [5.41, 5.74) is 1.04. The van der Waals surface area contributed by atoms with Gasteiger partial charge in [-0.25, -0.2) is 8.78 Å². The number of aliphatic hydroxyl groups excluding tert-OH is 1. The third-order valence-electron chi connectivity index (χ3n) is 2.56. The normalized spacial score (nSPS) is 9.86. The standard InChI is InChI=1S/C16H13F2NO2/c17-14-5-4-13(3-1-2-6-20)16(8-14)21-11-12-7-15(18)10-19-9-12/h4-5,7-10,20H,2,6,11H2. The van der Waals surface area contributed by atoms with Crippen molar-refractivity contribution in [1.29, 1.82) is 0 Å². The Balaban J connectivity index is 2.15. The number of rotatable bonds is 4. The quantitative estimate of drug-likeness (QED) is 0.880. The van der Waals surface area contributed by atoms with Crippen molar-refractivity contribution in [2.24, 2.45) is 0 Å². The van der Waals surface area contributed by atoms with E-state index in [0.29, 0.717) is 17.5 Å².